The number of amides is 1. The molecule has 1 N–H and O–H groups in total. The molecule has 0 unspecified atom stereocenters. The first-order valence-corrected chi connectivity index (χ1v) is 8.53. The van der Waals surface area contributed by atoms with Gasteiger partial charge in [-0.25, -0.2) is 4.98 Å². The van der Waals surface area contributed by atoms with Gasteiger partial charge in [-0.1, -0.05) is 12.8 Å². The average Bonchev–Trinajstić information content (AvgIpc) is 3.20. The van der Waals surface area contributed by atoms with Gasteiger partial charge in [0.15, 0.2) is 10.4 Å². The van der Waals surface area contributed by atoms with E-state index in [4.69, 9.17) is 4.42 Å². The highest BCUT2D eigenvalue weighted by molar-refractivity contribution is 9.10. The van der Waals surface area contributed by atoms with Crippen molar-refractivity contribution in [2.75, 3.05) is 6.54 Å². The van der Waals surface area contributed by atoms with Crippen LogP contribution in [0.1, 0.15) is 47.8 Å². The van der Waals surface area contributed by atoms with E-state index in [0.717, 1.165) is 18.5 Å². The summed E-state index contributed by atoms with van der Waals surface area (Å²) in [5.74, 6) is 0.354. The minimum Gasteiger partial charge on any atom is -0.444 e. The summed E-state index contributed by atoms with van der Waals surface area (Å²) in [5, 5.41) is 2.72. The zero-order valence-electron chi connectivity index (χ0n) is 12.6. The normalized spacial score (nSPS) is 15.0. The zero-order chi connectivity index (χ0) is 16.2. The number of carbonyl (C=O) groups is 1. The Morgan fingerprint density at radius 3 is 2.83 bits per heavy atom. The van der Waals surface area contributed by atoms with Gasteiger partial charge in [-0.3, -0.25) is 14.2 Å². The van der Waals surface area contributed by atoms with Crippen molar-refractivity contribution in [3.8, 4) is 0 Å². The topological polar surface area (TPSA) is 77.1 Å². The van der Waals surface area contributed by atoms with Crippen molar-refractivity contribution in [1.29, 1.82) is 0 Å². The van der Waals surface area contributed by atoms with Gasteiger partial charge in [-0.2, -0.15) is 0 Å². The van der Waals surface area contributed by atoms with E-state index in [1.165, 1.54) is 17.4 Å². The molecule has 0 atom stereocenters. The van der Waals surface area contributed by atoms with Gasteiger partial charge in [0.1, 0.15) is 0 Å². The van der Waals surface area contributed by atoms with E-state index in [2.05, 4.69) is 26.2 Å². The maximum absolute atomic E-state index is 12.1. The first-order valence-electron chi connectivity index (χ1n) is 7.73. The van der Waals surface area contributed by atoms with E-state index in [-0.39, 0.29) is 17.2 Å². The van der Waals surface area contributed by atoms with E-state index < -0.39 is 0 Å². The van der Waals surface area contributed by atoms with Crippen LogP contribution < -0.4 is 10.9 Å². The number of carbonyl (C=O) groups excluding carboxylic acids is 1. The largest absolute Gasteiger partial charge is 0.444 e. The second-order valence-corrected chi connectivity index (χ2v) is 6.47. The van der Waals surface area contributed by atoms with Gasteiger partial charge in [0.05, 0.1) is 12.0 Å². The van der Waals surface area contributed by atoms with Crippen LogP contribution >= 0.6 is 15.9 Å². The van der Waals surface area contributed by atoms with Crippen molar-refractivity contribution < 1.29 is 9.21 Å². The van der Waals surface area contributed by atoms with Crippen LogP contribution in [-0.2, 0) is 6.54 Å². The minimum atomic E-state index is -0.306. The maximum atomic E-state index is 12.1. The molecule has 6 nitrogen and oxygen atoms in total. The molecule has 2 heterocycles. The molecule has 7 heteroatoms. The van der Waals surface area contributed by atoms with Crippen LogP contribution in [-0.4, -0.2) is 22.0 Å². The van der Waals surface area contributed by atoms with E-state index in [0.29, 0.717) is 23.7 Å². The van der Waals surface area contributed by atoms with Gasteiger partial charge in [0.25, 0.3) is 11.5 Å². The van der Waals surface area contributed by atoms with Crippen LogP contribution in [0.5, 0.6) is 0 Å². The smallest absolute Gasteiger partial charge is 0.287 e. The fourth-order valence-corrected chi connectivity index (χ4v) is 3.17. The molecule has 0 spiro atoms. The monoisotopic (exact) mass is 379 g/mol. The molecule has 1 aliphatic carbocycles. The molecule has 2 aromatic rings. The Hall–Kier alpha value is -1.89. The van der Waals surface area contributed by atoms with Crippen LogP contribution in [0.4, 0.5) is 0 Å². The highest BCUT2D eigenvalue weighted by Gasteiger charge is 2.19. The molecule has 23 heavy (non-hydrogen) atoms. The van der Waals surface area contributed by atoms with E-state index in [1.54, 1.807) is 24.5 Å². The molecule has 1 aliphatic rings. The summed E-state index contributed by atoms with van der Waals surface area (Å²) in [6.45, 7) is 0.714. The van der Waals surface area contributed by atoms with Crippen LogP contribution in [0.2, 0.25) is 0 Å². The first kappa shape index (κ1) is 16.0. The van der Waals surface area contributed by atoms with Crippen molar-refractivity contribution in [2.24, 2.45) is 0 Å². The number of halogens is 1. The second kappa shape index (κ2) is 7.12. The number of nitrogens with one attached hydrogen (secondary N) is 1. The average molecular weight is 380 g/mol. The van der Waals surface area contributed by atoms with Gasteiger partial charge >= 0.3 is 0 Å². The lowest BCUT2D eigenvalue weighted by atomic mass is 10.0. The van der Waals surface area contributed by atoms with Crippen LogP contribution in [0.15, 0.2) is 38.4 Å². The Morgan fingerprint density at radius 2 is 2.17 bits per heavy atom. The summed E-state index contributed by atoms with van der Waals surface area (Å²) in [4.78, 5) is 28.4. The second-order valence-electron chi connectivity index (χ2n) is 5.69. The number of nitrogens with zero attached hydrogens (tertiary/aromatic N) is 2. The Labute approximate surface area is 142 Å². The molecule has 1 amide bonds. The summed E-state index contributed by atoms with van der Waals surface area (Å²) in [5.41, 5.74) is 0.824. The molecule has 0 bridgehead atoms. The van der Waals surface area contributed by atoms with Crippen LogP contribution in [0.25, 0.3) is 0 Å². The number of rotatable bonds is 5. The van der Waals surface area contributed by atoms with E-state index in [1.807, 2.05) is 0 Å². The lowest BCUT2D eigenvalue weighted by Crippen LogP contribution is -2.31. The predicted molar refractivity (Wildman–Crippen MR) is 88.4 cm³/mol. The molecule has 1 saturated carbocycles. The standard InChI is InChI=1S/C16H18BrN3O3/c17-14-6-5-13(23-14)16(22)18-7-8-20-10-19-12(9-15(20)21)11-3-1-2-4-11/h5-6,9-11H,1-4,7-8H2,(H,18,22). The molecular formula is C16H18BrN3O3. The third-order valence-electron chi connectivity index (χ3n) is 4.11. The number of hydrogen-bond acceptors (Lipinski definition) is 4. The van der Waals surface area contributed by atoms with Crippen molar-refractivity contribution >= 4 is 21.8 Å². The lowest BCUT2D eigenvalue weighted by Gasteiger charge is -2.10. The summed E-state index contributed by atoms with van der Waals surface area (Å²) < 4.78 is 7.18. The lowest BCUT2D eigenvalue weighted by molar-refractivity contribution is 0.0923. The zero-order valence-corrected chi connectivity index (χ0v) is 14.2. The molecule has 0 radical (unpaired) electrons. The summed E-state index contributed by atoms with van der Waals surface area (Å²) in [6.07, 6.45) is 6.23. The highest BCUT2D eigenvalue weighted by atomic mass is 79.9. The molecule has 3 rings (SSSR count). The Morgan fingerprint density at radius 1 is 1.39 bits per heavy atom. The molecule has 1 fully saturated rings. The summed E-state index contributed by atoms with van der Waals surface area (Å²) >= 11 is 3.15. The van der Waals surface area contributed by atoms with Gasteiger partial charge in [0.2, 0.25) is 0 Å². The third-order valence-corrected chi connectivity index (χ3v) is 4.54. The van der Waals surface area contributed by atoms with Crippen molar-refractivity contribution in [1.82, 2.24) is 14.9 Å². The SMILES string of the molecule is O=C(NCCn1cnc(C2CCCC2)cc1=O)c1ccc(Br)o1. The molecule has 122 valence electrons. The molecule has 0 aromatic carbocycles. The number of hydrogen-bond donors (Lipinski definition) is 1. The van der Waals surface area contributed by atoms with Crippen LogP contribution in [0, 0.1) is 0 Å². The molecule has 0 aliphatic heterocycles. The molecule has 0 saturated heterocycles. The number of furan rings is 1. The summed E-state index contributed by atoms with van der Waals surface area (Å²) in [7, 11) is 0. The third kappa shape index (κ3) is 3.90. The quantitative estimate of drug-likeness (QED) is 0.865. The predicted octanol–water partition coefficient (Wildman–Crippen LogP) is 2.69. The Balaban J connectivity index is 1.56. The molecular weight excluding hydrogens is 362 g/mol. The minimum absolute atomic E-state index is 0.0723. The van der Waals surface area contributed by atoms with Gasteiger partial charge in [-0.15, -0.1) is 0 Å². The van der Waals surface area contributed by atoms with E-state index >= 15 is 0 Å². The van der Waals surface area contributed by atoms with Gasteiger partial charge < -0.3 is 9.73 Å². The van der Waals surface area contributed by atoms with Crippen molar-refractivity contribution in [3.63, 3.8) is 0 Å². The fourth-order valence-electron chi connectivity index (χ4n) is 2.87. The van der Waals surface area contributed by atoms with Crippen molar-refractivity contribution in [3.05, 3.63) is 51.0 Å². The Kier molecular flexibility index (Phi) is 4.95. The first-order chi connectivity index (χ1) is 11.1. The van der Waals surface area contributed by atoms with E-state index in [9.17, 15) is 9.59 Å². The molecule has 2 aromatic heterocycles. The number of aromatic nitrogens is 2. The fraction of sp³-hybridized carbons (Fsp3) is 0.438. The Bertz CT molecular complexity index is 747. The van der Waals surface area contributed by atoms with Gasteiger partial charge in [-0.05, 0) is 40.9 Å². The van der Waals surface area contributed by atoms with Gasteiger partial charge in [0, 0.05) is 25.1 Å². The van der Waals surface area contributed by atoms with Crippen LogP contribution in [0.3, 0.4) is 0 Å². The van der Waals surface area contributed by atoms with Crippen molar-refractivity contribution in [2.45, 2.75) is 38.1 Å². The highest BCUT2D eigenvalue weighted by Crippen LogP contribution is 2.32. The summed E-state index contributed by atoms with van der Waals surface area (Å²) in [6, 6.07) is 4.87. The maximum Gasteiger partial charge on any atom is 0.287 e.